The molecule has 16 heavy (non-hydrogen) atoms. The Balaban J connectivity index is 5.50. The molecule has 0 saturated heterocycles. The average molecular weight is 445 g/mol. The van der Waals surface area contributed by atoms with Crippen LogP contribution < -0.4 is 0 Å². The van der Waals surface area contributed by atoms with Gasteiger partial charge in [-0.3, -0.25) is 0 Å². The molecular formula is C10H18NOP3W. The van der Waals surface area contributed by atoms with Gasteiger partial charge in [0.2, 0.25) is 0 Å². The summed E-state index contributed by atoms with van der Waals surface area (Å²) in [6.45, 7) is 5.79. The summed E-state index contributed by atoms with van der Waals surface area (Å²) in [7, 11) is 4.43. The fourth-order valence-corrected chi connectivity index (χ4v) is 3.42. The van der Waals surface area contributed by atoms with E-state index in [0.717, 1.165) is 19.3 Å². The number of allylic oxidation sites excluding steroid dienone is 2. The van der Waals surface area contributed by atoms with Crippen LogP contribution in [0.1, 0.15) is 27.2 Å². The van der Waals surface area contributed by atoms with E-state index in [1.54, 1.807) is 0 Å². The van der Waals surface area contributed by atoms with Crippen molar-refractivity contribution in [1.29, 1.82) is 0 Å². The number of hydrogen-bond donors (Lipinski definition) is 1. The first-order valence-electron chi connectivity index (χ1n) is 4.94. The van der Waals surface area contributed by atoms with Crippen molar-refractivity contribution in [2.24, 2.45) is 4.74 Å². The number of hydrogen-bond acceptors (Lipinski definition) is 2. The molecule has 0 radical (unpaired) electrons. The minimum absolute atomic E-state index is 0.689. The molecule has 0 bridgehead atoms. The van der Waals surface area contributed by atoms with E-state index in [1.165, 1.54) is 19.4 Å². The molecule has 0 heterocycles. The zero-order valence-corrected chi connectivity index (χ0v) is 15.7. The summed E-state index contributed by atoms with van der Waals surface area (Å²) < 4.78 is 6.53. The van der Waals surface area contributed by atoms with Crippen LogP contribution in [0.3, 0.4) is 0 Å². The van der Waals surface area contributed by atoms with Crippen molar-refractivity contribution < 1.29 is 24.5 Å². The van der Waals surface area contributed by atoms with Crippen LogP contribution in [0.15, 0.2) is 28.2 Å². The summed E-state index contributed by atoms with van der Waals surface area (Å²) in [6.07, 6.45) is 4.60. The van der Waals surface area contributed by atoms with Crippen molar-refractivity contribution >= 4 is 29.3 Å². The molecule has 0 amide bonds. The topological polar surface area (TPSA) is 32.6 Å². The molecule has 0 saturated carbocycles. The van der Waals surface area contributed by atoms with E-state index in [4.69, 9.17) is 0 Å². The molecule has 0 aromatic carbocycles. The van der Waals surface area contributed by atoms with Gasteiger partial charge in [-0.2, -0.15) is 0 Å². The van der Waals surface area contributed by atoms with Gasteiger partial charge < -0.3 is 0 Å². The Morgan fingerprint density at radius 2 is 2.31 bits per heavy atom. The number of aliphatic hydroxyl groups is 1. The first kappa shape index (κ1) is 17.0. The van der Waals surface area contributed by atoms with Gasteiger partial charge in [0, 0.05) is 0 Å². The molecular weight excluding hydrogens is 427 g/mol. The molecule has 6 heteroatoms. The number of nitrogens with zero attached hydrogens (tertiary/aromatic N) is 1. The van der Waals surface area contributed by atoms with Gasteiger partial charge in [-0.1, -0.05) is 0 Å². The molecule has 0 aromatic heterocycles. The van der Waals surface area contributed by atoms with E-state index in [-0.39, 0.29) is 0 Å². The Hall–Kier alpha value is 0.958. The Kier molecular flexibility index (Phi) is 9.50. The normalized spacial score (nSPS) is 18.3. The molecule has 0 aliphatic rings. The van der Waals surface area contributed by atoms with Crippen molar-refractivity contribution in [2.75, 3.05) is 0 Å². The molecule has 3 unspecified atom stereocenters. The predicted octanol–water partition coefficient (Wildman–Crippen LogP) is 3.84. The molecule has 0 rings (SSSR count). The molecule has 0 aliphatic heterocycles. The van der Waals surface area contributed by atoms with Crippen LogP contribution in [-0.2, 0) is 19.4 Å². The third-order valence-corrected chi connectivity index (χ3v) is 5.12. The fraction of sp³-hybridized carbons (Fsp3) is 0.500. The van der Waals surface area contributed by atoms with Crippen LogP contribution in [0, 0.1) is 0 Å². The van der Waals surface area contributed by atoms with Gasteiger partial charge in [0.15, 0.2) is 0 Å². The molecule has 0 aliphatic carbocycles. The van der Waals surface area contributed by atoms with Gasteiger partial charge >= 0.3 is 115 Å². The molecule has 3 atom stereocenters. The van der Waals surface area contributed by atoms with E-state index in [9.17, 15) is 5.11 Å². The Morgan fingerprint density at radius 3 is 2.69 bits per heavy atom. The molecule has 2 nitrogen and oxygen atoms in total. The fourth-order valence-electron chi connectivity index (χ4n) is 1.12. The van der Waals surface area contributed by atoms with Crippen LogP contribution in [-0.4, -0.2) is 15.1 Å². The maximum absolute atomic E-state index is 10.3. The van der Waals surface area contributed by atoms with E-state index < -0.39 is 5.60 Å². The van der Waals surface area contributed by atoms with E-state index >= 15 is 0 Å². The van der Waals surface area contributed by atoms with Crippen molar-refractivity contribution in [3.05, 3.63) is 23.4 Å². The SMILES string of the molecule is CC=C/C(=C(\[CH]=[W])N=PPP)C(C)(O)CC. The second-order valence-electron chi connectivity index (χ2n) is 3.37. The molecule has 0 aromatic rings. The Bertz CT molecular complexity index is 324. The summed E-state index contributed by atoms with van der Waals surface area (Å²) in [6, 6.07) is 0. The summed E-state index contributed by atoms with van der Waals surface area (Å²) >= 11 is 1.35. The van der Waals surface area contributed by atoms with Gasteiger partial charge in [-0.15, -0.1) is 0 Å². The Labute approximate surface area is 114 Å². The van der Waals surface area contributed by atoms with Crippen molar-refractivity contribution in [3.8, 4) is 0 Å². The van der Waals surface area contributed by atoms with Gasteiger partial charge in [0.25, 0.3) is 0 Å². The van der Waals surface area contributed by atoms with Crippen molar-refractivity contribution in [2.45, 2.75) is 32.8 Å². The molecule has 90 valence electrons. The molecule has 0 spiro atoms. The van der Waals surface area contributed by atoms with E-state index in [1.807, 2.05) is 37.3 Å². The summed E-state index contributed by atoms with van der Waals surface area (Å²) in [5, 5.41) is 10.3. The molecule has 1 N–H and O–H groups in total. The second-order valence-corrected chi connectivity index (χ2v) is 8.58. The average Bonchev–Trinajstić information content (AvgIpc) is 2.28. The van der Waals surface area contributed by atoms with Gasteiger partial charge in [-0.05, 0) is 0 Å². The van der Waals surface area contributed by atoms with E-state index in [0.29, 0.717) is 14.4 Å². The standard InChI is InChI=1S/C10H18NOP3.W/c1-5-7-9(10(4,12)6-2)8(3)11-14-15-13;/h3,5,7,12,15H,6,13H2,1-2,4H3;/b7-5?,9-8-;. The van der Waals surface area contributed by atoms with Crippen molar-refractivity contribution in [1.82, 2.24) is 0 Å². The second kappa shape index (κ2) is 8.96. The summed E-state index contributed by atoms with van der Waals surface area (Å²) in [5.41, 5.74) is 1.05. The van der Waals surface area contributed by atoms with Crippen molar-refractivity contribution in [3.63, 3.8) is 0 Å². The predicted molar refractivity (Wildman–Crippen MR) is 76.2 cm³/mol. The quantitative estimate of drug-likeness (QED) is 0.490. The minimum atomic E-state index is -0.795. The first-order valence-corrected chi connectivity index (χ1v) is 11.1. The zero-order chi connectivity index (χ0) is 12.6. The van der Waals surface area contributed by atoms with Crippen LogP contribution in [0.4, 0.5) is 0 Å². The monoisotopic (exact) mass is 445 g/mol. The van der Waals surface area contributed by atoms with Crippen LogP contribution in [0.2, 0.25) is 0 Å². The van der Waals surface area contributed by atoms with Crippen LogP contribution >= 0.6 is 24.9 Å². The molecule has 0 fully saturated rings. The Morgan fingerprint density at radius 1 is 1.69 bits per heavy atom. The summed E-state index contributed by atoms with van der Waals surface area (Å²) in [4.78, 5) is 0. The number of rotatable bonds is 6. The third-order valence-electron chi connectivity index (χ3n) is 2.21. The summed E-state index contributed by atoms with van der Waals surface area (Å²) in [5.74, 6) is 0. The van der Waals surface area contributed by atoms with Gasteiger partial charge in [0.05, 0.1) is 0 Å². The van der Waals surface area contributed by atoms with E-state index in [2.05, 4.69) is 13.7 Å². The van der Waals surface area contributed by atoms with Gasteiger partial charge in [0.1, 0.15) is 0 Å². The van der Waals surface area contributed by atoms with Crippen LogP contribution in [0.5, 0.6) is 0 Å². The van der Waals surface area contributed by atoms with Gasteiger partial charge in [-0.25, -0.2) is 0 Å². The first-order chi connectivity index (χ1) is 7.53. The third kappa shape index (κ3) is 5.53. The maximum atomic E-state index is 10.3. The van der Waals surface area contributed by atoms with Crippen LogP contribution in [0.25, 0.3) is 0 Å². The zero-order valence-electron chi connectivity index (χ0n) is 9.77.